The molecule has 0 bridgehead atoms. The third-order valence-electron chi connectivity index (χ3n) is 3.37. The number of Topliss-reactive ketones (excluding diaryl/α,β-unsaturated/α-hetero) is 1. The van der Waals surface area contributed by atoms with E-state index in [4.69, 9.17) is 14.9 Å². The summed E-state index contributed by atoms with van der Waals surface area (Å²) in [5, 5.41) is 30.5. The molecule has 0 fully saturated rings. The number of rotatable bonds is 10. The van der Waals surface area contributed by atoms with Crippen molar-refractivity contribution in [2.24, 2.45) is 0 Å². The number of ketones is 1. The number of ether oxygens (including phenoxy) is 1. The van der Waals surface area contributed by atoms with Gasteiger partial charge in [0.2, 0.25) is 0 Å². The maximum atomic E-state index is 12.3. The SMILES string of the molecule is O=C(O)Cc1nnn(CC(=O)C(CC(=O)O)NC(=O)OCc2ccccc2)n1. The number of alkyl carbamates (subject to hydrolysis) is 1. The second kappa shape index (κ2) is 9.75. The number of aliphatic carboxylic acids is 2. The van der Waals surface area contributed by atoms with Crippen molar-refractivity contribution in [3.05, 3.63) is 41.7 Å². The maximum Gasteiger partial charge on any atom is 0.408 e. The van der Waals surface area contributed by atoms with Crippen LogP contribution in [0.3, 0.4) is 0 Å². The topological polar surface area (TPSA) is 174 Å². The summed E-state index contributed by atoms with van der Waals surface area (Å²) in [6, 6.07) is 7.41. The Morgan fingerprint density at radius 1 is 1.11 bits per heavy atom. The molecule has 0 aliphatic carbocycles. The van der Waals surface area contributed by atoms with Crippen molar-refractivity contribution in [1.82, 2.24) is 25.5 Å². The summed E-state index contributed by atoms with van der Waals surface area (Å²) in [7, 11) is 0. The predicted octanol–water partition coefficient (Wildman–Crippen LogP) is -0.361. The zero-order valence-corrected chi connectivity index (χ0v) is 14.5. The van der Waals surface area contributed by atoms with E-state index in [2.05, 4.69) is 20.7 Å². The van der Waals surface area contributed by atoms with Crippen molar-refractivity contribution in [1.29, 1.82) is 0 Å². The maximum absolute atomic E-state index is 12.3. The minimum atomic E-state index is -1.38. The molecule has 0 saturated heterocycles. The van der Waals surface area contributed by atoms with Gasteiger partial charge in [-0.2, -0.15) is 4.80 Å². The molecule has 3 N–H and O–H groups in total. The summed E-state index contributed by atoms with van der Waals surface area (Å²) in [4.78, 5) is 46.6. The predicted molar refractivity (Wildman–Crippen MR) is 90.0 cm³/mol. The minimum absolute atomic E-state index is 0.0518. The molecular formula is C16H17N5O7. The van der Waals surface area contributed by atoms with E-state index >= 15 is 0 Å². The average Bonchev–Trinajstić information content (AvgIpc) is 3.06. The molecule has 0 aliphatic heterocycles. The normalized spacial score (nSPS) is 11.4. The van der Waals surface area contributed by atoms with Gasteiger partial charge in [0.25, 0.3) is 0 Å². The lowest BCUT2D eigenvalue weighted by Crippen LogP contribution is -2.44. The van der Waals surface area contributed by atoms with Gasteiger partial charge in [0.05, 0.1) is 6.42 Å². The van der Waals surface area contributed by atoms with Crippen LogP contribution in [0.4, 0.5) is 4.79 Å². The van der Waals surface area contributed by atoms with Crippen LogP contribution in [0.2, 0.25) is 0 Å². The molecule has 1 amide bonds. The molecule has 2 aromatic rings. The van der Waals surface area contributed by atoms with Crippen LogP contribution >= 0.6 is 0 Å². The number of nitrogens with zero attached hydrogens (tertiary/aromatic N) is 4. The van der Waals surface area contributed by atoms with E-state index in [0.29, 0.717) is 0 Å². The number of hydrogen-bond donors (Lipinski definition) is 3. The molecule has 1 aromatic heterocycles. The van der Waals surface area contributed by atoms with Crippen molar-refractivity contribution < 1.29 is 34.1 Å². The highest BCUT2D eigenvalue weighted by molar-refractivity contribution is 5.90. The van der Waals surface area contributed by atoms with E-state index in [1.807, 2.05) is 0 Å². The second-order valence-electron chi connectivity index (χ2n) is 5.63. The zero-order valence-electron chi connectivity index (χ0n) is 14.5. The lowest BCUT2D eigenvalue weighted by Gasteiger charge is -2.15. The van der Waals surface area contributed by atoms with Crippen molar-refractivity contribution in [2.75, 3.05) is 0 Å². The van der Waals surface area contributed by atoms with Crippen LogP contribution in [0.1, 0.15) is 17.8 Å². The van der Waals surface area contributed by atoms with Gasteiger partial charge in [-0.25, -0.2) is 4.79 Å². The Morgan fingerprint density at radius 3 is 2.46 bits per heavy atom. The number of hydrogen-bond acceptors (Lipinski definition) is 8. The van der Waals surface area contributed by atoms with E-state index < -0.39 is 49.2 Å². The van der Waals surface area contributed by atoms with E-state index in [1.54, 1.807) is 30.3 Å². The summed E-state index contributed by atoms with van der Waals surface area (Å²) in [6.07, 6.45) is -2.10. The van der Waals surface area contributed by atoms with Gasteiger partial charge in [0.1, 0.15) is 25.6 Å². The van der Waals surface area contributed by atoms with Crippen molar-refractivity contribution >= 4 is 23.8 Å². The molecule has 0 aliphatic rings. The Hall–Kier alpha value is -3.83. The number of carbonyl (C=O) groups is 4. The number of aromatic nitrogens is 4. The monoisotopic (exact) mass is 391 g/mol. The molecule has 1 heterocycles. The first-order valence-electron chi connectivity index (χ1n) is 8.03. The number of tetrazole rings is 1. The van der Waals surface area contributed by atoms with Crippen LogP contribution in [0, 0.1) is 0 Å². The van der Waals surface area contributed by atoms with Gasteiger partial charge in [0.15, 0.2) is 11.6 Å². The standard InChI is InChI=1S/C16H17N5O7/c22-12(8-21-19-13(18-20-21)7-15(25)26)11(6-14(23)24)17-16(27)28-9-10-4-2-1-3-5-10/h1-5,11H,6-9H2,(H,17,27)(H,23,24)(H,25,26). The molecule has 12 nitrogen and oxygen atoms in total. The highest BCUT2D eigenvalue weighted by Gasteiger charge is 2.25. The molecule has 1 aromatic carbocycles. The van der Waals surface area contributed by atoms with Crippen LogP contribution in [0.5, 0.6) is 0 Å². The largest absolute Gasteiger partial charge is 0.481 e. The van der Waals surface area contributed by atoms with E-state index in [-0.39, 0.29) is 12.4 Å². The summed E-state index contributed by atoms with van der Waals surface area (Å²) < 4.78 is 4.98. The lowest BCUT2D eigenvalue weighted by atomic mass is 10.1. The second-order valence-corrected chi connectivity index (χ2v) is 5.63. The quantitative estimate of drug-likeness (QED) is 0.485. The summed E-state index contributed by atoms with van der Waals surface area (Å²) in [5.41, 5.74) is 0.719. The van der Waals surface area contributed by atoms with Gasteiger partial charge < -0.3 is 20.3 Å². The van der Waals surface area contributed by atoms with Gasteiger partial charge in [0, 0.05) is 0 Å². The molecule has 12 heteroatoms. The Morgan fingerprint density at radius 2 is 1.82 bits per heavy atom. The van der Waals surface area contributed by atoms with Crippen molar-refractivity contribution in [3.8, 4) is 0 Å². The fourth-order valence-corrected chi connectivity index (χ4v) is 2.13. The molecule has 1 atom stereocenters. The number of carboxylic acid groups (broad SMARTS) is 2. The number of nitrogens with one attached hydrogen (secondary N) is 1. The first kappa shape index (κ1) is 20.5. The Labute approximate surface area is 158 Å². The first-order valence-corrected chi connectivity index (χ1v) is 8.03. The number of benzene rings is 1. The number of carbonyl (C=O) groups excluding carboxylic acids is 2. The molecule has 0 spiro atoms. The van der Waals surface area contributed by atoms with Gasteiger partial charge >= 0.3 is 18.0 Å². The van der Waals surface area contributed by atoms with Gasteiger partial charge in [-0.05, 0) is 10.8 Å². The third kappa shape index (κ3) is 6.82. The van der Waals surface area contributed by atoms with Gasteiger partial charge in [-0.1, -0.05) is 30.3 Å². The minimum Gasteiger partial charge on any atom is -0.481 e. The van der Waals surface area contributed by atoms with E-state index in [1.165, 1.54) is 0 Å². The third-order valence-corrected chi connectivity index (χ3v) is 3.37. The van der Waals surface area contributed by atoms with Gasteiger partial charge in [-0.3, -0.25) is 14.4 Å². The molecule has 148 valence electrons. The fourth-order valence-electron chi connectivity index (χ4n) is 2.13. The van der Waals surface area contributed by atoms with Crippen LogP contribution in [-0.2, 0) is 38.7 Å². The highest BCUT2D eigenvalue weighted by atomic mass is 16.5. The smallest absolute Gasteiger partial charge is 0.408 e. The van der Waals surface area contributed by atoms with E-state index in [9.17, 15) is 19.2 Å². The molecule has 1 unspecified atom stereocenters. The molecule has 0 radical (unpaired) electrons. The van der Waals surface area contributed by atoms with E-state index in [0.717, 1.165) is 10.4 Å². The Kier molecular flexibility index (Phi) is 7.13. The van der Waals surface area contributed by atoms with Crippen LogP contribution in [0.15, 0.2) is 30.3 Å². The lowest BCUT2D eigenvalue weighted by molar-refractivity contribution is -0.139. The van der Waals surface area contributed by atoms with Crippen LogP contribution in [0.25, 0.3) is 0 Å². The summed E-state index contributed by atoms with van der Waals surface area (Å²) in [5.74, 6) is -3.29. The fraction of sp³-hybridized carbons (Fsp3) is 0.312. The first-order chi connectivity index (χ1) is 13.3. The molecule has 2 rings (SSSR count). The average molecular weight is 391 g/mol. The Bertz CT molecular complexity index is 852. The van der Waals surface area contributed by atoms with Crippen LogP contribution < -0.4 is 5.32 Å². The Balaban J connectivity index is 1.94. The zero-order chi connectivity index (χ0) is 20.5. The highest BCUT2D eigenvalue weighted by Crippen LogP contribution is 2.03. The van der Waals surface area contributed by atoms with Crippen LogP contribution in [-0.4, -0.2) is 60.3 Å². The molecular weight excluding hydrogens is 374 g/mol. The van der Waals surface area contributed by atoms with Crippen molar-refractivity contribution in [3.63, 3.8) is 0 Å². The summed E-state index contributed by atoms with van der Waals surface area (Å²) >= 11 is 0. The molecule has 0 saturated carbocycles. The number of amides is 1. The van der Waals surface area contributed by atoms with Crippen molar-refractivity contribution in [2.45, 2.75) is 32.0 Å². The summed E-state index contributed by atoms with van der Waals surface area (Å²) in [6.45, 7) is -0.548. The van der Waals surface area contributed by atoms with Gasteiger partial charge in [-0.15, -0.1) is 10.2 Å². The molecule has 28 heavy (non-hydrogen) atoms. The number of carboxylic acids is 2.